The SMILES string of the molecule is [O-2].c1ccc([PH+](c2ccccc2)c2ccccc2)cc1.c1ccc([PH+](c2ccccc2)c2ccccc2)cc1. The molecule has 0 saturated heterocycles. The van der Waals surface area contributed by atoms with Crippen molar-refractivity contribution in [2.75, 3.05) is 0 Å². The van der Waals surface area contributed by atoms with Gasteiger partial charge in [0.1, 0.15) is 31.8 Å². The molecule has 0 atom stereocenters. The molecule has 1 nitrogen and oxygen atoms in total. The zero-order chi connectivity index (χ0) is 25.8. The van der Waals surface area contributed by atoms with Crippen LogP contribution in [0.25, 0.3) is 0 Å². The Bertz CT molecular complexity index is 1170. The monoisotopic (exact) mass is 542 g/mol. The lowest BCUT2D eigenvalue weighted by molar-refractivity contribution is 0.686. The fourth-order valence-electron chi connectivity index (χ4n) is 4.63. The van der Waals surface area contributed by atoms with Crippen LogP contribution < -0.4 is 31.8 Å². The van der Waals surface area contributed by atoms with Gasteiger partial charge in [0.25, 0.3) is 0 Å². The Hall–Kier alpha value is -3.86. The second-order valence-corrected chi connectivity index (χ2v) is 13.9. The molecule has 6 aromatic rings. The van der Waals surface area contributed by atoms with Gasteiger partial charge >= 0.3 is 0 Å². The van der Waals surface area contributed by atoms with Gasteiger partial charge < -0.3 is 5.48 Å². The molecule has 0 aliphatic heterocycles. The first kappa shape index (κ1) is 28.2. The number of rotatable bonds is 6. The van der Waals surface area contributed by atoms with Crippen LogP contribution in [0.3, 0.4) is 0 Å². The van der Waals surface area contributed by atoms with Crippen LogP contribution in [0.1, 0.15) is 0 Å². The van der Waals surface area contributed by atoms with Gasteiger partial charge in [0.05, 0.1) is 15.8 Å². The van der Waals surface area contributed by atoms with Crippen LogP contribution in [0, 0.1) is 0 Å². The van der Waals surface area contributed by atoms with Gasteiger partial charge in [-0.05, 0) is 72.8 Å². The molecule has 0 radical (unpaired) electrons. The van der Waals surface area contributed by atoms with Gasteiger partial charge in [-0.2, -0.15) is 0 Å². The Kier molecular flexibility index (Phi) is 10.8. The quantitative estimate of drug-likeness (QED) is 0.223. The molecule has 0 aromatic heterocycles. The average Bonchev–Trinajstić information content (AvgIpc) is 3.01. The van der Waals surface area contributed by atoms with Gasteiger partial charge in [-0.1, -0.05) is 109 Å². The minimum Gasteiger partial charge on any atom is -2.00 e. The zero-order valence-electron chi connectivity index (χ0n) is 21.7. The minimum atomic E-state index is -0.877. The Morgan fingerprint density at radius 2 is 0.333 bits per heavy atom. The van der Waals surface area contributed by atoms with Crippen LogP contribution in [0.2, 0.25) is 0 Å². The fourth-order valence-corrected chi connectivity index (χ4v) is 9.78. The van der Waals surface area contributed by atoms with Gasteiger partial charge in [-0.15, -0.1) is 0 Å². The van der Waals surface area contributed by atoms with E-state index in [1.54, 1.807) is 0 Å². The normalized spacial score (nSPS) is 10.3. The smallest absolute Gasteiger partial charge is 0.102 e. The predicted molar refractivity (Wildman–Crippen MR) is 174 cm³/mol. The fraction of sp³-hybridized carbons (Fsp3) is 0. The summed E-state index contributed by atoms with van der Waals surface area (Å²) in [4.78, 5) is 0. The van der Waals surface area contributed by atoms with E-state index in [0.717, 1.165) is 0 Å². The molecule has 0 bridgehead atoms. The van der Waals surface area contributed by atoms with E-state index < -0.39 is 15.8 Å². The lowest BCUT2D eigenvalue weighted by Crippen LogP contribution is -2.20. The van der Waals surface area contributed by atoms with Crippen molar-refractivity contribution in [2.24, 2.45) is 0 Å². The van der Waals surface area contributed by atoms with E-state index in [9.17, 15) is 0 Å². The highest BCUT2D eigenvalue weighted by atomic mass is 31.1. The van der Waals surface area contributed by atoms with E-state index in [2.05, 4.69) is 182 Å². The van der Waals surface area contributed by atoms with E-state index in [1.807, 2.05) is 0 Å². The maximum Gasteiger partial charge on any atom is 0.102 e. The molecule has 0 amide bonds. The van der Waals surface area contributed by atoms with Crippen molar-refractivity contribution in [3.8, 4) is 0 Å². The van der Waals surface area contributed by atoms with Gasteiger partial charge in [-0.25, -0.2) is 0 Å². The molecule has 0 aliphatic carbocycles. The molecule has 3 heteroatoms. The number of hydrogen-bond donors (Lipinski definition) is 0. The highest BCUT2D eigenvalue weighted by Crippen LogP contribution is 2.33. The average molecular weight is 543 g/mol. The van der Waals surface area contributed by atoms with E-state index in [4.69, 9.17) is 0 Å². The third-order valence-electron chi connectivity index (χ3n) is 6.37. The summed E-state index contributed by atoms with van der Waals surface area (Å²) in [7, 11) is -1.75. The van der Waals surface area contributed by atoms with Crippen LogP contribution in [-0.2, 0) is 5.48 Å². The Morgan fingerprint density at radius 1 is 0.205 bits per heavy atom. The van der Waals surface area contributed by atoms with Crippen molar-refractivity contribution in [1.29, 1.82) is 0 Å². The molecule has 0 heterocycles. The molecule has 39 heavy (non-hydrogen) atoms. The first-order valence-corrected chi connectivity index (χ1v) is 16.0. The highest BCUT2D eigenvalue weighted by molar-refractivity contribution is 7.80. The standard InChI is InChI=1S/2C18H15P.O/c2*1-4-10-16(11-5-1)19(17-12-6-2-7-13-17)18-14-8-3-9-15-18;/h2*1-15H;/q;;-2/p+2. The van der Waals surface area contributed by atoms with Crippen LogP contribution in [-0.4, -0.2) is 0 Å². The zero-order valence-corrected chi connectivity index (χ0v) is 23.7. The second kappa shape index (κ2) is 14.9. The molecule has 0 fully saturated rings. The summed E-state index contributed by atoms with van der Waals surface area (Å²) >= 11 is 0. The maximum atomic E-state index is 2.24. The minimum absolute atomic E-state index is 0. The van der Waals surface area contributed by atoms with Gasteiger partial charge in [0.15, 0.2) is 0 Å². The summed E-state index contributed by atoms with van der Waals surface area (Å²) in [5.74, 6) is 0. The Balaban J connectivity index is 0.000000176. The molecule has 192 valence electrons. The van der Waals surface area contributed by atoms with Gasteiger partial charge in [0, 0.05) is 0 Å². The molecule has 6 rings (SSSR count). The van der Waals surface area contributed by atoms with E-state index in [-0.39, 0.29) is 5.48 Å². The summed E-state index contributed by atoms with van der Waals surface area (Å²) in [5.41, 5.74) is 0. The van der Waals surface area contributed by atoms with Crippen molar-refractivity contribution in [2.45, 2.75) is 0 Å². The van der Waals surface area contributed by atoms with Crippen molar-refractivity contribution in [3.63, 3.8) is 0 Å². The molecule has 0 spiro atoms. The third-order valence-corrected chi connectivity index (χ3v) is 11.8. The molecule has 0 unspecified atom stereocenters. The Morgan fingerprint density at radius 3 is 0.462 bits per heavy atom. The molecule has 0 saturated carbocycles. The largest absolute Gasteiger partial charge is 2.00 e. The van der Waals surface area contributed by atoms with E-state index in [0.29, 0.717) is 0 Å². The van der Waals surface area contributed by atoms with Crippen LogP contribution in [0.15, 0.2) is 182 Å². The van der Waals surface area contributed by atoms with Crippen molar-refractivity contribution < 1.29 is 5.48 Å². The summed E-state index contributed by atoms with van der Waals surface area (Å²) in [6.07, 6.45) is 0. The molecular formula is C36H32OP2. The number of benzene rings is 6. The van der Waals surface area contributed by atoms with Gasteiger partial charge in [0.2, 0.25) is 0 Å². The lowest BCUT2D eigenvalue weighted by atomic mass is 10.4. The summed E-state index contributed by atoms with van der Waals surface area (Å²) in [6.45, 7) is 0. The van der Waals surface area contributed by atoms with Crippen LogP contribution in [0.5, 0.6) is 0 Å². The topological polar surface area (TPSA) is 28.5 Å². The maximum absolute atomic E-state index is 2.24. The second-order valence-electron chi connectivity index (χ2n) is 8.95. The molecule has 0 aliphatic rings. The van der Waals surface area contributed by atoms with E-state index in [1.165, 1.54) is 31.8 Å². The van der Waals surface area contributed by atoms with E-state index >= 15 is 0 Å². The van der Waals surface area contributed by atoms with Gasteiger partial charge in [-0.3, -0.25) is 0 Å². The summed E-state index contributed by atoms with van der Waals surface area (Å²) in [6, 6.07) is 65.0. The van der Waals surface area contributed by atoms with Crippen LogP contribution >= 0.6 is 15.8 Å². The van der Waals surface area contributed by atoms with Crippen LogP contribution in [0.4, 0.5) is 0 Å². The molecule has 0 N–H and O–H groups in total. The summed E-state index contributed by atoms with van der Waals surface area (Å²) < 4.78 is 0. The molecular weight excluding hydrogens is 510 g/mol. The summed E-state index contributed by atoms with van der Waals surface area (Å²) in [5, 5.41) is 8.61. The Labute approximate surface area is 234 Å². The lowest BCUT2D eigenvalue weighted by Gasteiger charge is -2.10. The molecule has 6 aromatic carbocycles. The van der Waals surface area contributed by atoms with Crippen molar-refractivity contribution in [3.05, 3.63) is 182 Å². The predicted octanol–water partition coefficient (Wildman–Crippen LogP) is 6.24. The first-order chi connectivity index (χ1) is 18.9. The van der Waals surface area contributed by atoms with Crippen molar-refractivity contribution in [1.82, 2.24) is 0 Å². The first-order valence-electron chi connectivity index (χ1n) is 13.0. The third kappa shape index (κ3) is 7.60. The highest BCUT2D eigenvalue weighted by Gasteiger charge is 2.25. The number of hydrogen-bond acceptors (Lipinski definition) is 0. The van der Waals surface area contributed by atoms with Crippen molar-refractivity contribution >= 4 is 47.7 Å².